The molecule has 3 rings (SSSR count). The third-order valence-electron chi connectivity index (χ3n) is 2.15. The second-order valence-electron chi connectivity index (χ2n) is 3.35. The molecule has 0 unspecified atom stereocenters. The summed E-state index contributed by atoms with van der Waals surface area (Å²) in [7, 11) is 0. The summed E-state index contributed by atoms with van der Waals surface area (Å²) in [5.74, 6) is 0. The van der Waals surface area contributed by atoms with Gasteiger partial charge < -0.3 is 0 Å². The molecule has 18 heavy (non-hydrogen) atoms. The maximum Gasteiger partial charge on any atom is 0.225 e. The van der Waals surface area contributed by atoms with Gasteiger partial charge in [0.05, 0.1) is 16.6 Å². The molecule has 0 fully saturated rings. The van der Waals surface area contributed by atoms with Crippen LogP contribution >= 0.6 is 35.0 Å². The monoisotopic (exact) mass is 297 g/mol. The summed E-state index contributed by atoms with van der Waals surface area (Å²) in [5.41, 5.74) is 0.603. The van der Waals surface area contributed by atoms with Gasteiger partial charge in [-0.25, -0.2) is 9.97 Å². The van der Waals surface area contributed by atoms with E-state index in [-0.39, 0.29) is 5.28 Å². The maximum absolute atomic E-state index is 5.85. The standard InChI is InChI=1S/C10H5Cl2N5S/c11-5-1-2-7(13-3-5)18-9-6-4-14-17-8(6)15-10(12)16-9/h1-4H,(H,14,15,16,17). The van der Waals surface area contributed by atoms with Crippen molar-refractivity contribution >= 4 is 46.0 Å². The second-order valence-corrected chi connectivity index (χ2v) is 5.13. The maximum atomic E-state index is 5.85. The van der Waals surface area contributed by atoms with Crippen LogP contribution in [0.2, 0.25) is 10.3 Å². The van der Waals surface area contributed by atoms with E-state index in [9.17, 15) is 0 Å². The van der Waals surface area contributed by atoms with Gasteiger partial charge in [-0.2, -0.15) is 10.1 Å². The largest absolute Gasteiger partial charge is 0.261 e. The van der Waals surface area contributed by atoms with Gasteiger partial charge in [0, 0.05) is 6.20 Å². The van der Waals surface area contributed by atoms with E-state index in [0.717, 1.165) is 10.4 Å². The number of nitrogens with zero attached hydrogens (tertiary/aromatic N) is 4. The number of hydrogen-bond donors (Lipinski definition) is 1. The van der Waals surface area contributed by atoms with Gasteiger partial charge in [-0.3, -0.25) is 5.10 Å². The fourth-order valence-corrected chi connectivity index (χ4v) is 2.54. The summed E-state index contributed by atoms with van der Waals surface area (Å²) in [6.07, 6.45) is 3.24. The van der Waals surface area contributed by atoms with Crippen LogP contribution in [0.3, 0.4) is 0 Å². The van der Waals surface area contributed by atoms with Crippen molar-refractivity contribution in [2.24, 2.45) is 0 Å². The van der Waals surface area contributed by atoms with Crippen LogP contribution in [0.4, 0.5) is 0 Å². The van der Waals surface area contributed by atoms with Crippen LogP contribution in [0, 0.1) is 0 Å². The first-order valence-electron chi connectivity index (χ1n) is 4.88. The number of fused-ring (bicyclic) bond motifs is 1. The SMILES string of the molecule is Clc1ccc(Sc2nc(Cl)nc3[nH]ncc23)nc1. The molecule has 0 amide bonds. The zero-order valence-corrected chi connectivity index (χ0v) is 11.1. The second kappa shape index (κ2) is 4.72. The number of aromatic amines is 1. The molecular weight excluding hydrogens is 293 g/mol. The van der Waals surface area contributed by atoms with Crippen LogP contribution in [0.5, 0.6) is 0 Å². The Morgan fingerprint density at radius 1 is 1.11 bits per heavy atom. The lowest BCUT2D eigenvalue weighted by Crippen LogP contribution is -1.88. The number of rotatable bonds is 2. The predicted octanol–water partition coefficient (Wildman–Crippen LogP) is 3.21. The predicted molar refractivity (Wildman–Crippen MR) is 70.1 cm³/mol. The van der Waals surface area contributed by atoms with Gasteiger partial charge in [0.15, 0.2) is 5.65 Å². The molecule has 5 nitrogen and oxygen atoms in total. The number of hydrogen-bond acceptors (Lipinski definition) is 5. The lowest BCUT2D eigenvalue weighted by Gasteiger charge is -2.01. The molecule has 0 aliphatic heterocycles. The van der Waals surface area contributed by atoms with E-state index in [1.807, 2.05) is 6.07 Å². The van der Waals surface area contributed by atoms with Gasteiger partial charge in [0.2, 0.25) is 5.28 Å². The molecular formula is C10H5Cl2N5S. The Kier molecular flexibility index (Phi) is 3.07. The zero-order valence-electron chi connectivity index (χ0n) is 8.76. The number of aromatic nitrogens is 5. The average molecular weight is 298 g/mol. The Morgan fingerprint density at radius 2 is 2.00 bits per heavy atom. The minimum absolute atomic E-state index is 0.170. The molecule has 0 aliphatic carbocycles. The molecule has 0 saturated carbocycles. The highest BCUT2D eigenvalue weighted by Crippen LogP contribution is 2.30. The molecule has 8 heteroatoms. The Morgan fingerprint density at radius 3 is 2.78 bits per heavy atom. The van der Waals surface area contributed by atoms with E-state index in [4.69, 9.17) is 23.2 Å². The first kappa shape index (κ1) is 11.7. The molecule has 1 N–H and O–H groups in total. The summed E-state index contributed by atoms with van der Waals surface area (Å²) in [6.45, 7) is 0. The Bertz CT molecular complexity index is 697. The van der Waals surface area contributed by atoms with Crippen LogP contribution in [-0.4, -0.2) is 25.1 Å². The molecule has 0 radical (unpaired) electrons. The van der Waals surface area contributed by atoms with Gasteiger partial charge in [0.25, 0.3) is 0 Å². The van der Waals surface area contributed by atoms with Crippen LogP contribution in [0.1, 0.15) is 0 Å². The fraction of sp³-hybridized carbons (Fsp3) is 0. The van der Waals surface area contributed by atoms with Crippen LogP contribution < -0.4 is 0 Å². The fourth-order valence-electron chi connectivity index (χ4n) is 1.38. The van der Waals surface area contributed by atoms with Crippen LogP contribution in [-0.2, 0) is 0 Å². The molecule has 3 aromatic rings. The third kappa shape index (κ3) is 2.27. The lowest BCUT2D eigenvalue weighted by molar-refractivity contribution is 1.06. The quantitative estimate of drug-likeness (QED) is 0.581. The van der Waals surface area contributed by atoms with E-state index < -0.39 is 0 Å². The van der Waals surface area contributed by atoms with Crippen molar-refractivity contribution in [3.8, 4) is 0 Å². The minimum Gasteiger partial charge on any atom is -0.261 e. The number of nitrogens with one attached hydrogen (secondary N) is 1. The summed E-state index contributed by atoms with van der Waals surface area (Å²) in [5, 5.41) is 9.72. The summed E-state index contributed by atoms with van der Waals surface area (Å²) in [4.78, 5) is 12.4. The van der Waals surface area contributed by atoms with Gasteiger partial charge in [-0.05, 0) is 35.5 Å². The molecule has 3 aromatic heterocycles. The summed E-state index contributed by atoms with van der Waals surface area (Å²) < 4.78 is 0. The molecule has 0 saturated heterocycles. The first-order chi connectivity index (χ1) is 8.72. The van der Waals surface area contributed by atoms with Crippen molar-refractivity contribution < 1.29 is 0 Å². The molecule has 0 spiro atoms. The third-order valence-corrected chi connectivity index (χ3v) is 3.50. The van der Waals surface area contributed by atoms with Gasteiger partial charge in [-0.1, -0.05) is 11.6 Å². The molecule has 0 bridgehead atoms. The number of pyridine rings is 1. The average Bonchev–Trinajstić information content (AvgIpc) is 2.80. The van der Waals surface area contributed by atoms with Crippen molar-refractivity contribution in [3.63, 3.8) is 0 Å². The molecule has 90 valence electrons. The van der Waals surface area contributed by atoms with Crippen LogP contribution in [0.25, 0.3) is 11.0 Å². The van der Waals surface area contributed by atoms with E-state index in [2.05, 4.69) is 25.1 Å². The van der Waals surface area contributed by atoms with Gasteiger partial charge in [0.1, 0.15) is 10.1 Å². The molecule has 3 heterocycles. The topological polar surface area (TPSA) is 67.3 Å². The van der Waals surface area contributed by atoms with E-state index in [1.165, 1.54) is 11.8 Å². The lowest BCUT2D eigenvalue weighted by atomic mass is 10.4. The number of halogens is 2. The highest BCUT2D eigenvalue weighted by molar-refractivity contribution is 7.99. The van der Waals surface area contributed by atoms with Gasteiger partial charge in [-0.15, -0.1) is 0 Å². The van der Waals surface area contributed by atoms with E-state index >= 15 is 0 Å². The Balaban J connectivity index is 2.03. The van der Waals surface area contributed by atoms with Crippen molar-refractivity contribution in [1.82, 2.24) is 25.1 Å². The first-order valence-corrected chi connectivity index (χ1v) is 6.45. The summed E-state index contributed by atoms with van der Waals surface area (Å²) in [6, 6.07) is 3.58. The normalized spacial score (nSPS) is 11.0. The molecule has 0 atom stereocenters. The highest BCUT2D eigenvalue weighted by Gasteiger charge is 2.10. The molecule has 0 aliphatic rings. The van der Waals surface area contributed by atoms with Crippen LogP contribution in [0.15, 0.2) is 34.6 Å². The smallest absolute Gasteiger partial charge is 0.225 e. The Hall–Kier alpha value is -1.37. The van der Waals surface area contributed by atoms with E-state index in [0.29, 0.717) is 15.7 Å². The van der Waals surface area contributed by atoms with Crippen molar-refractivity contribution in [1.29, 1.82) is 0 Å². The van der Waals surface area contributed by atoms with Crippen molar-refractivity contribution in [2.45, 2.75) is 10.1 Å². The zero-order chi connectivity index (χ0) is 12.5. The summed E-state index contributed by atoms with van der Waals surface area (Å²) >= 11 is 13.0. The van der Waals surface area contributed by atoms with Gasteiger partial charge >= 0.3 is 0 Å². The van der Waals surface area contributed by atoms with Crippen molar-refractivity contribution in [3.05, 3.63) is 34.8 Å². The van der Waals surface area contributed by atoms with Crippen molar-refractivity contribution in [2.75, 3.05) is 0 Å². The highest BCUT2D eigenvalue weighted by atomic mass is 35.5. The minimum atomic E-state index is 0.170. The Labute approximate surface area is 116 Å². The van der Waals surface area contributed by atoms with E-state index in [1.54, 1.807) is 18.5 Å². The molecule has 0 aromatic carbocycles. The number of H-pyrrole nitrogens is 1.